The predicted octanol–water partition coefficient (Wildman–Crippen LogP) is 4.34. The highest BCUT2D eigenvalue weighted by Crippen LogP contribution is 2.44. The molecule has 0 spiro atoms. The summed E-state index contributed by atoms with van der Waals surface area (Å²) in [5.74, 6) is 0.519. The Morgan fingerprint density at radius 2 is 1.88 bits per heavy atom. The molecule has 1 aliphatic heterocycles. The van der Waals surface area contributed by atoms with Gasteiger partial charge in [0, 0.05) is 5.02 Å². The van der Waals surface area contributed by atoms with E-state index in [9.17, 15) is 9.90 Å². The molecule has 2 aromatic carbocycles. The number of amides is 1. The van der Waals surface area contributed by atoms with Crippen molar-refractivity contribution in [2.75, 3.05) is 10.7 Å². The molecule has 1 unspecified atom stereocenters. The first kappa shape index (κ1) is 16.4. The number of thioether (sulfide) groups is 1. The average Bonchev–Trinajstić information content (AvgIpc) is 3.22. The molecule has 126 valence electrons. The van der Waals surface area contributed by atoms with Crippen molar-refractivity contribution in [3.8, 4) is 16.3 Å². The molecule has 1 N–H and O–H groups in total. The van der Waals surface area contributed by atoms with E-state index < -0.39 is 0 Å². The number of hydrogen-bond acceptors (Lipinski definition) is 6. The number of rotatable bonds is 3. The van der Waals surface area contributed by atoms with Gasteiger partial charge in [0.15, 0.2) is 5.01 Å². The number of aromatic hydroxyl groups is 1. The van der Waals surface area contributed by atoms with Crippen molar-refractivity contribution in [3.05, 3.63) is 59.1 Å². The molecule has 0 saturated carbocycles. The van der Waals surface area contributed by atoms with E-state index in [1.54, 1.807) is 34.9 Å². The Morgan fingerprint density at radius 1 is 1.12 bits per heavy atom. The summed E-state index contributed by atoms with van der Waals surface area (Å²) in [6, 6.07) is 14.4. The van der Waals surface area contributed by atoms with Gasteiger partial charge in [0.05, 0.1) is 11.3 Å². The zero-order valence-electron chi connectivity index (χ0n) is 12.8. The molecule has 1 fully saturated rings. The zero-order valence-corrected chi connectivity index (χ0v) is 15.2. The van der Waals surface area contributed by atoms with E-state index in [1.807, 2.05) is 30.3 Å². The highest BCUT2D eigenvalue weighted by atomic mass is 35.5. The van der Waals surface area contributed by atoms with Crippen LogP contribution in [-0.2, 0) is 4.79 Å². The van der Waals surface area contributed by atoms with Gasteiger partial charge in [-0.25, -0.2) is 0 Å². The van der Waals surface area contributed by atoms with Crippen LogP contribution in [0.2, 0.25) is 5.02 Å². The maximum Gasteiger partial charge on any atom is 0.240 e. The smallest absolute Gasteiger partial charge is 0.240 e. The first-order chi connectivity index (χ1) is 12.1. The maximum atomic E-state index is 12.4. The number of phenols is 1. The molecule has 2 heterocycles. The lowest BCUT2D eigenvalue weighted by atomic mass is 10.2. The van der Waals surface area contributed by atoms with Crippen molar-refractivity contribution in [3.63, 3.8) is 0 Å². The lowest BCUT2D eigenvalue weighted by molar-refractivity contribution is -0.115. The topological polar surface area (TPSA) is 66.3 Å². The SMILES string of the molecule is O=C1CSC(c2ccc(Cl)cc2)N1c1nnc(-c2ccccc2O)s1. The lowest BCUT2D eigenvalue weighted by Gasteiger charge is -2.20. The highest BCUT2D eigenvalue weighted by Gasteiger charge is 2.36. The second kappa shape index (κ2) is 6.67. The van der Waals surface area contributed by atoms with Crippen molar-refractivity contribution in [1.82, 2.24) is 10.2 Å². The van der Waals surface area contributed by atoms with Gasteiger partial charge in [-0.15, -0.1) is 22.0 Å². The standard InChI is InChI=1S/C17H12ClN3O2S2/c18-11-7-5-10(6-8-11)16-21(14(23)9-24-16)17-20-19-15(25-17)12-3-1-2-4-13(12)22/h1-8,16,22H,9H2. The fraction of sp³-hybridized carbons (Fsp3) is 0.118. The minimum Gasteiger partial charge on any atom is -0.507 e. The summed E-state index contributed by atoms with van der Waals surface area (Å²) in [5, 5.41) is 19.9. The van der Waals surface area contributed by atoms with Crippen molar-refractivity contribution in [2.24, 2.45) is 0 Å². The number of carbonyl (C=O) groups excluding carboxylic acids is 1. The zero-order chi connectivity index (χ0) is 17.4. The van der Waals surface area contributed by atoms with Crippen molar-refractivity contribution < 1.29 is 9.90 Å². The lowest BCUT2D eigenvalue weighted by Crippen LogP contribution is -2.27. The molecule has 5 nitrogen and oxygen atoms in total. The minimum atomic E-state index is -0.157. The van der Waals surface area contributed by atoms with Gasteiger partial charge in [-0.3, -0.25) is 9.69 Å². The largest absolute Gasteiger partial charge is 0.507 e. The van der Waals surface area contributed by atoms with Crippen LogP contribution in [0.5, 0.6) is 5.75 Å². The summed E-state index contributed by atoms with van der Waals surface area (Å²) < 4.78 is 0. The molecule has 1 aliphatic rings. The number of halogens is 1. The molecule has 1 amide bonds. The number of phenolic OH excluding ortho intramolecular Hbond substituents is 1. The van der Waals surface area contributed by atoms with Crippen LogP contribution >= 0.6 is 34.7 Å². The Balaban J connectivity index is 1.69. The molecular formula is C17H12ClN3O2S2. The van der Waals surface area contributed by atoms with Gasteiger partial charge in [0.2, 0.25) is 11.0 Å². The van der Waals surface area contributed by atoms with Gasteiger partial charge in [0.1, 0.15) is 11.1 Å². The normalized spacial score (nSPS) is 17.2. The highest BCUT2D eigenvalue weighted by molar-refractivity contribution is 8.00. The fourth-order valence-electron chi connectivity index (χ4n) is 2.58. The number of carbonyl (C=O) groups is 1. The molecule has 1 aromatic heterocycles. The molecule has 1 saturated heterocycles. The first-order valence-electron chi connectivity index (χ1n) is 7.44. The fourth-order valence-corrected chi connectivity index (χ4v) is 4.85. The number of aromatic nitrogens is 2. The van der Waals surface area contributed by atoms with Crippen molar-refractivity contribution in [1.29, 1.82) is 0 Å². The van der Waals surface area contributed by atoms with E-state index >= 15 is 0 Å². The van der Waals surface area contributed by atoms with Crippen molar-refractivity contribution in [2.45, 2.75) is 5.37 Å². The molecule has 1 atom stereocenters. The van der Waals surface area contributed by atoms with Gasteiger partial charge >= 0.3 is 0 Å². The van der Waals surface area contributed by atoms with E-state index in [4.69, 9.17) is 11.6 Å². The van der Waals surface area contributed by atoms with Crippen LogP contribution in [0.15, 0.2) is 48.5 Å². The van der Waals surface area contributed by atoms with E-state index in [0.29, 0.717) is 26.5 Å². The monoisotopic (exact) mass is 389 g/mol. The van der Waals surface area contributed by atoms with Crippen molar-refractivity contribution >= 4 is 45.7 Å². The van der Waals surface area contributed by atoms with Crippen LogP contribution in [0.4, 0.5) is 5.13 Å². The van der Waals surface area contributed by atoms with E-state index in [2.05, 4.69) is 10.2 Å². The van der Waals surface area contributed by atoms with Gasteiger partial charge in [0.25, 0.3) is 0 Å². The summed E-state index contributed by atoms with van der Waals surface area (Å²) in [6.45, 7) is 0. The van der Waals surface area contributed by atoms with Gasteiger partial charge in [-0.1, -0.05) is 47.2 Å². The average molecular weight is 390 g/mol. The molecular weight excluding hydrogens is 378 g/mol. The van der Waals surface area contributed by atoms with Crippen LogP contribution in [0, 0.1) is 0 Å². The molecule has 25 heavy (non-hydrogen) atoms. The molecule has 3 aromatic rings. The Bertz CT molecular complexity index is 930. The third kappa shape index (κ3) is 3.10. The third-order valence-corrected chi connectivity index (χ3v) is 6.20. The van der Waals surface area contributed by atoms with Crippen LogP contribution in [-0.4, -0.2) is 27.0 Å². The Labute approximate surface area is 157 Å². The van der Waals surface area contributed by atoms with E-state index in [1.165, 1.54) is 11.3 Å². The summed E-state index contributed by atoms with van der Waals surface area (Å²) >= 11 is 8.78. The third-order valence-electron chi connectivity index (χ3n) is 3.78. The second-order valence-electron chi connectivity index (χ2n) is 5.39. The summed E-state index contributed by atoms with van der Waals surface area (Å²) in [6.07, 6.45) is 0. The Morgan fingerprint density at radius 3 is 2.64 bits per heavy atom. The minimum absolute atomic E-state index is 0.00932. The number of nitrogens with zero attached hydrogens (tertiary/aromatic N) is 3. The summed E-state index contributed by atoms with van der Waals surface area (Å²) in [7, 11) is 0. The number of benzene rings is 2. The Kier molecular flexibility index (Phi) is 4.37. The predicted molar refractivity (Wildman–Crippen MR) is 101 cm³/mol. The van der Waals surface area contributed by atoms with Gasteiger partial charge < -0.3 is 5.11 Å². The second-order valence-corrected chi connectivity index (χ2v) is 7.85. The summed E-state index contributed by atoms with van der Waals surface area (Å²) in [4.78, 5) is 14.1. The molecule has 0 bridgehead atoms. The molecule has 0 aliphatic carbocycles. The van der Waals surface area contributed by atoms with Crippen LogP contribution in [0.3, 0.4) is 0 Å². The Hall–Kier alpha value is -2.09. The number of para-hydroxylation sites is 1. The van der Waals surface area contributed by atoms with E-state index in [-0.39, 0.29) is 17.0 Å². The number of anilines is 1. The molecule has 8 heteroatoms. The number of hydrogen-bond donors (Lipinski definition) is 1. The van der Waals surface area contributed by atoms with Gasteiger partial charge in [-0.2, -0.15) is 0 Å². The van der Waals surface area contributed by atoms with Crippen LogP contribution in [0.1, 0.15) is 10.9 Å². The maximum absolute atomic E-state index is 12.4. The first-order valence-corrected chi connectivity index (χ1v) is 9.69. The van der Waals surface area contributed by atoms with Gasteiger partial charge in [-0.05, 0) is 29.8 Å². The quantitative estimate of drug-likeness (QED) is 0.721. The molecule has 0 radical (unpaired) electrons. The van der Waals surface area contributed by atoms with E-state index in [0.717, 1.165) is 5.56 Å². The van der Waals surface area contributed by atoms with Crippen LogP contribution < -0.4 is 4.90 Å². The van der Waals surface area contributed by atoms with Crippen LogP contribution in [0.25, 0.3) is 10.6 Å². The summed E-state index contributed by atoms with van der Waals surface area (Å²) in [5.41, 5.74) is 1.59. The molecule has 4 rings (SSSR count).